The quantitative estimate of drug-likeness (QED) is 0.915. The Labute approximate surface area is 128 Å². The number of anilines is 2. The molecule has 1 aromatic heterocycles. The average Bonchev–Trinajstić information content (AvgIpc) is 3.30. The topological polar surface area (TPSA) is 41.0 Å². The molecule has 0 atom stereocenters. The van der Waals surface area contributed by atoms with Gasteiger partial charge in [-0.2, -0.15) is 0 Å². The Morgan fingerprint density at radius 2 is 1.81 bits per heavy atom. The van der Waals surface area contributed by atoms with Crippen LogP contribution in [0.4, 0.5) is 11.6 Å². The minimum absolute atomic E-state index is 0.512. The van der Waals surface area contributed by atoms with E-state index in [1.807, 2.05) is 7.05 Å². The highest BCUT2D eigenvalue weighted by molar-refractivity contribution is 5.50. The zero-order valence-corrected chi connectivity index (χ0v) is 13.8. The molecule has 1 N–H and O–H groups in total. The fraction of sp³-hybridized carbons (Fsp3) is 0.765. The van der Waals surface area contributed by atoms with Crippen LogP contribution < -0.4 is 10.2 Å². The molecule has 0 aromatic carbocycles. The molecule has 2 fully saturated rings. The third-order valence-electron chi connectivity index (χ3n) is 5.15. The van der Waals surface area contributed by atoms with Crippen LogP contribution in [0.2, 0.25) is 0 Å². The first kappa shape index (κ1) is 14.6. The van der Waals surface area contributed by atoms with Gasteiger partial charge in [0.1, 0.15) is 17.5 Å². The fourth-order valence-corrected chi connectivity index (χ4v) is 3.24. The Bertz CT molecular complexity index is 498. The lowest BCUT2D eigenvalue weighted by molar-refractivity contribution is 0.222. The number of aromatic nitrogens is 2. The zero-order chi connectivity index (χ0) is 15.0. The van der Waals surface area contributed by atoms with Crippen molar-refractivity contribution in [2.75, 3.05) is 24.3 Å². The van der Waals surface area contributed by atoms with Gasteiger partial charge in [0.25, 0.3) is 0 Å². The van der Waals surface area contributed by atoms with Gasteiger partial charge in [-0.1, -0.05) is 13.8 Å². The van der Waals surface area contributed by atoms with Crippen LogP contribution in [0.25, 0.3) is 0 Å². The minimum Gasteiger partial charge on any atom is -0.373 e. The van der Waals surface area contributed by atoms with Crippen LogP contribution in [0, 0.1) is 5.41 Å². The summed E-state index contributed by atoms with van der Waals surface area (Å²) in [4.78, 5) is 11.8. The number of hydrogen-bond donors (Lipinski definition) is 1. The van der Waals surface area contributed by atoms with E-state index in [1.54, 1.807) is 0 Å². The third kappa shape index (κ3) is 3.30. The highest BCUT2D eigenvalue weighted by Crippen LogP contribution is 2.40. The summed E-state index contributed by atoms with van der Waals surface area (Å²) in [6, 6.07) is 2.70. The van der Waals surface area contributed by atoms with Crippen molar-refractivity contribution in [2.45, 2.75) is 64.3 Å². The van der Waals surface area contributed by atoms with E-state index in [4.69, 9.17) is 4.98 Å². The molecule has 4 nitrogen and oxygen atoms in total. The molecular formula is C17H28N4. The van der Waals surface area contributed by atoms with Crippen LogP contribution in [0.1, 0.15) is 64.1 Å². The average molecular weight is 288 g/mol. The van der Waals surface area contributed by atoms with Crippen molar-refractivity contribution in [3.05, 3.63) is 11.9 Å². The smallest absolute Gasteiger partial charge is 0.136 e. The summed E-state index contributed by atoms with van der Waals surface area (Å²) in [6.45, 7) is 4.77. The van der Waals surface area contributed by atoms with E-state index in [9.17, 15) is 0 Å². The van der Waals surface area contributed by atoms with Gasteiger partial charge in [0.15, 0.2) is 0 Å². The van der Waals surface area contributed by atoms with E-state index in [0.717, 1.165) is 17.5 Å². The molecule has 3 rings (SSSR count). The highest BCUT2D eigenvalue weighted by Gasteiger charge is 2.31. The summed E-state index contributed by atoms with van der Waals surface area (Å²) in [5, 5.41) is 3.18. The van der Waals surface area contributed by atoms with Crippen molar-refractivity contribution in [2.24, 2.45) is 5.41 Å². The molecule has 0 bridgehead atoms. The summed E-state index contributed by atoms with van der Waals surface area (Å²) in [5.41, 5.74) is 0.512. The molecule has 0 amide bonds. The SMILES string of the molecule is CNc1cc(N(C)C2CCC(C)(C)CC2)nc(C2CC2)n1. The number of nitrogens with one attached hydrogen (secondary N) is 1. The Balaban J connectivity index is 1.77. The van der Waals surface area contributed by atoms with Crippen LogP contribution in [0.15, 0.2) is 6.07 Å². The first-order valence-corrected chi connectivity index (χ1v) is 8.28. The van der Waals surface area contributed by atoms with Gasteiger partial charge in [0.05, 0.1) is 0 Å². The molecule has 0 spiro atoms. The van der Waals surface area contributed by atoms with Crippen LogP contribution >= 0.6 is 0 Å². The van der Waals surface area contributed by atoms with E-state index in [0.29, 0.717) is 17.4 Å². The second kappa shape index (κ2) is 5.47. The third-order valence-corrected chi connectivity index (χ3v) is 5.15. The summed E-state index contributed by atoms with van der Waals surface area (Å²) in [6.07, 6.45) is 7.63. The lowest BCUT2D eigenvalue weighted by atomic mass is 9.75. The maximum absolute atomic E-state index is 4.83. The van der Waals surface area contributed by atoms with E-state index in [2.05, 4.69) is 42.2 Å². The van der Waals surface area contributed by atoms with Crippen molar-refractivity contribution < 1.29 is 0 Å². The van der Waals surface area contributed by atoms with Gasteiger partial charge >= 0.3 is 0 Å². The van der Waals surface area contributed by atoms with Crippen LogP contribution in [-0.2, 0) is 0 Å². The predicted molar refractivity (Wildman–Crippen MR) is 88.0 cm³/mol. The first-order chi connectivity index (χ1) is 9.98. The van der Waals surface area contributed by atoms with Crippen molar-refractivity contribution >= 4 is 11.6 Å². The molecule has 2 saturated carbocycles. The normalized spacial score (nSPS) is 22.1. The van der Waals surface area contributed by atoms with Gasteiger partial charge in [-0.15, -0.1) is 0 Å². The van der Waals surface area contributed by atoms with Gasteiger partial charge in [0, 0.05) is 32.1 Å². The van der Waals surface area contributed by atoms with Gasteiger partial charge in [-0.3, -0.25) is 0 Å². The van der Waals surface area contributed by atoms with Gasteiger partial charge < -0.3 is 10.2 Å². The second-order valence-electron chi connectivity index (χ2n) is 7.50. The number of rotatable bonds is 4. The Hall–Kier alpha value is -1.32. The Morgan fingerprint density at radius 3 is 2.38 bits per heavy atom. The molecule has 2 aliphatic carbocycles. The molecule has 2 aliphatic rings. The molecule has 116 valence electrons. The molecule has 0 unspecified atom stereocenters. The maximum atomic E-state index is 4.83. The van der Waals surface area contributed by atoms with Gasteiger partial charge in [-0.25, -0.2) is 9.97 Å². The predicted octanol–water partition coefficient (Wildman–Crippen LogP) is 3.80. The lowest BCUT2D eigenvalue weighted by Gasteiger charge is -2.39. The molecule has 0 saturated heterocycles. The van der Waals surface area contributed by atoms with Crippen LogP contribution in [0.5, 0.6) is 0 Å². The van der Waals surface area contributed by atoms with Crippen molar-refractivity contribution in [3.63, 3.8) is 0 Å². The molecule has 1 aromatic rings. The molecule has 4 heteroatoms. The molecule has 0 radical (unpaired) electrons. The molecule has 21 heavy (non-hydrogen) atoms. The number of nitrogens with zero attached hydrogens (tertiary/aromatic N) is 3. The fourth-order valence-electron chi connectivity index (χ4n) is 3.24. The largest absolute Gasteiger partial charge is 0.373 e. The minimum atomic E-state index is 0.512. The molecule has 1 heterocycles. The van der Waals surface area contributed by atoms with E-state index in [1.165, 1.54) is 38.5 Å². The van der Waals surface area contributed by atoms with Gasteiger partial charge in [0.2, 0.25) is 0 Å². The summed E-state index contributed by atoms with van der Waals surface area (Å²) < 4.78 is 0. The highest BCUT2D eigenvalue weighted by atomic mass is 15.2. The van der Waals surface area contributed by atoms with E-state index in [-0.39, 0.29) is 0 Å². The van der Waals surface area contributed by atoms with Crippen molar-refractivity contribution in [3.8, 4) is 0 Å². The number of hydrogen-bond acceptors (Lipinski definition) is 4. The van der Waals surface area contributed by atoms with Gasteiger partial charge in [-0.05, 0) is 43.9 Å². The van der Waals surface area contributed by atoms with Crippen molar-refractivity contribution in [1.82, 2.24) is 9.97 Å². The standard InChI is InChI=1S/C17H28N4/c1-17(2)9-7-13(8-10-17)21(4)15-11-14(18-3)19-16(20-15)12-5-6-12/h11-13H,5-10H2,1-4H3,(H,18,19,20). The summed E-state index contributed by atoms with van der Waals surface area (Å²) >= 11 is 0. The van der Waals surface area contributed by atoms with E-state index >= 15 is 0 Å². The summed E-state index contributed by atoms with van der Waals surface area (Å²) in [7, 11) is 4.13. The lowest BCUT2D eigenvalue weighted by Crippen LogP contribution is -2.37. The van der Waals surface area contributed by atoms with Crippen LogP contribution in [-0.4, -0.2) is 30.1 Å². The zero-order valence-electron chi connectivity index (χ0n) is 13.8. The monoisotopic (exact) mass is 288 g/mol. The molecule has 0 aliphatic heterocycles. The molecular weight excluding hydrogens is 260 g/mol. The van der Waals surface area contributed by atoms with E-state index < -0.39 is 0 Å². The van der Waals surface area contributed by atoms with Crippen LogP contribution in [0.3, 0.4) is 0 Å². The first-order valence-electron chi connectivity index (χ1n) is 8.28. The Kier molecular flexibility index (Phi) is 3.80. The van der Waals surface area contributed by atoms with Crippen molar-refractivity contribution in [1.29, 1.82) is 0 Å². The maximum Gasteiger partial charge on any atom is 0.136 e. The summed E-state index contributed by atoms with van der Waals surface area (Å²) in [5.74, 6) is 3.65. The second-order valence-corrected chi connectivity index (χ2v) is 7.50. The Morgan fingerprint density at radius 1 is 1.14 bits per heavy atom.